The lowest BCUT2D eigenvalue weighted by Gasteiger charge is -2.34. The molecule has 4 heteroatoms. The summed E-state index contributed by atoms with van der Waals surface area (Å²) in [6.07, 6.45) is 12.3. The van der Waals surface area contributed by atoms with Crippen molar-refractivity contribution >= 4 is 8.60 Å². The fourth-order valence-electron chi connectivity index (χ4n) is 5.94. The van der Waals surface area contributed by atoms with E-state index in [1.165, 1.54) is 73.6 Å². The second kappa shape index (κ2) is 17.2. The second-order valence-corrected chi connectivity index (χ2v) is 18.3. The molecule has 45 heavy (non-hydrogen) atoms. The Morgan fingerprint density at radius 3 is 1.29 bits per heavy atom. The third-order valence-electron chi connectivity index (χ3n) is 8.91. The van der Waals surface area contributed by atoms with Crippen LogP contribution >= 0.6 is 8.60 Å². The molecule has 2 aromatic rings. The molecular formula is C41H69O3P. The first-order valence-electron chi connectivity index (χ1n) is 17.9. The maximum atomic E-state index is 11.3. The Labute approximate surface area is 280 Å². The van der Waals surface area contributed by atoms with Crippen molar-refractivity contribution in [1.29, 1.82) is 0 Å². The van der Waals surface area contributed by atoms with Gasteiger partial charge in [0, 0.05) is 0 Å². The zero-order chi connectivity index (χ0) is 34.1. The lowest BCUT2D eigenvalue weighted by Crippen LogP contribution is -2.23. The molecule has 2 aromatic carbocycles. The van der Waals surface area contributed by atoms with Crippen LogP contribution in [0.15, 0.2) is 36.4 Å². The number of unbranched alkanes of at least 4 members (excludes halogenated alkanes) is 9. The van der Waals surface area contributed by atoms with E-state index in [-0.39, 0.29) is 21.7 Å². The van der Waals surface area contributed by atoms with E-state index in [0.29, 0.717) is 6.61 Å². The summed E-state index contributed by atoms with van der Waals surface area (Å²) >= 11 is 0. The van der Waals surface area contributed by atoms with E-state index in [9.17, 15) is 4.89 Å². The summed E-state index contributed by atoms with van der Waals surface area (Å²) in [5.41, 5.74) is 7.15. The van der Waals surface area contributed by atoms with Gasteiger partial charge in [-0.15, -0.1) is 0 Å². The predicted molar refractivity (Wildman–Crippen MR) is 198 cm³/mol. The quantitative estimate of drug-likeness (QED) is 0.147. The Bertz CT molecular complexity index is 1080. The lowest BCUT2D eigenvalue weighted by molar-refractivity contribution is 0.162. The maximum Gasteiger partial charge on any atom is 0.330 e. The lowest BCUT2D eigenvalue weighted by atomic mass is 9.74. The first-order valence-corrected chi connectivity index (χ1v) is 19.0. The molecule has 0 aliphatic carbocycles. The number of rotatable bonds is 16. The molecule has 0 radical (unpaired) electrons. The van der Waals surface area contributed by atoms with Crippen molar-refractivity contribution in [3.63, 3.8) is 0 Å². The van der Waals surface area contributed by atoms with Crippen molar-refractivity contribution < 1.29 is 13.9 Å². The molecule has 0 heterocycles. The third kappa shape index (κ3) is 13.1. The summed E-state index contributed by atoms with van der Waals surface area (Å²) in [7, 11) is -2.06. The Morgan fingerprint density at radius 2 is 0.933 bits per heavy atom. The Hall–Kier alpha value is -1.25. The van der Waals surface area contributed by atoms with Gasteiger partial charge < -0.3 is 9.42 Å². The SMILES string of the molecule is CCCCCCCCCCCCOP(O)OC(c1ccc(C(C)(C)C)cc1C(C)(C)C)c1ccc(C(C)(C)C)cc1C(C)(C)C. The monoisotopic (exact) mass is 640 g/mol. The molecule has 0 aliphatic heterocycles. The fraction of sp³-hybridized carbons (Fsp3) is 0.707. The van der Waals surface area contributed by atoms with Crippen LogP contribution in [0.5, 0.6) is 0 Å². The van der Waals surface area contributed by atoms with Crippen LogP contribution in [-0.4, -0.2) is 11.5 Å². The molecule has 0 spiro atoms. The average Bonchev–Trinajstić information content (AvgIpc) is 2.92. The van der Waals surface area contributed by atoms with Gasteiger partial charge in [0.15, 0.2) is 0 Å². The molecule has 0 saturated carbocycles. The van der Waals surface area contributed by atoms with Crippen LogP contribution < -0.4 is 0 Å². The zero-order valence-electron chi connectivity index (χ0n) is 31.5. The Morgan fingerprint density at radius 1 is 0.556 bits per heavy atom. The van der Waals surface area contributed by atoms with E-state index < -0.39 is 14.7 Å². The summed E-state index contributed by atoms with van der Waals surface area (Å²) < 4.78 is 12.6. The summed E-state index contributed by atoms with van der Waals surface area (Å²) in [5, 5.41) is 0. The van der Waals surface area contributed by atoms with Gasteiger partial charge in [0.25, 0.3) is 0 Å². The van der Waals surface area contributed by atoms with Crippen molar-refractivity contribution in [2.45, 2.75) is 182 Å². The highest BCUT2D eigenvalue weighted by Crippen LogP contribution is 2.48. The molecule has 0 amide bonds. The second-order valence-electron chi connectivity index (χ2n) is 17.3. The minimum atomic E-state index is -2.06. The average molecular weight is 641 g/mol. The van der Waals surface area contributed by atoms with Crippen molar-refractivity contribution in [2.24, 2.45) is 0 Å². The van der Waals surface area contributed by atoms with Gasteiger partial charge in [-0.25, -0.2) is 0 Å². The van der Waals surface area contributed by atoms with Gasteiger partial charge in [-0.3, -0.25) is 4.52 Å². The molecule has 0 fully saturated rings. The summed E-state index contributed by atoms with van der Waals surface area (Å²) in [4.78, 5) is 11.3. The van der Waals surface area contributed by atoms with E-state index in [0.717, 1.165) is 24.0 Å². The van der Waals surface area contributed by atoms with E-state index in [4.69, 9.17) is 9.05 Å². The minimum absolute atomic E-state index is 0.0293. The highest BCUT2D eigenvalue weighted by molar-refractivity contribution is 7.40. The van der Waals surface area contributed by atoms with Crippen molar-refractivity contribution in [3.8, 4) is 0 Å². The first-order chi connectivity index (χ1) is 20.8. The molecular weight excluding hydrogens is 571 g/mol. The summed E-state index contributed by atoms with van der Waals surface area (Å²) in [6, 6.07) is 13.7. The fourth-order valence-corrected chi connectivity index (χ4v) is 6.69. The van der Waals surface area contributed by atoms with Gasteiger partial charge in [-0.1, -0.05) is 184 Å². The number of hydrogen-bond acceptors (Lipinski definition) is 3. The number of hydrogen-bond donors (Lipinski definition) is 1. The first kappa shape index (κ1) is 39.9. The minimum Gasteiger partial charge on any atom is -0.328 e. The van der Waals surface area contributed by atoms with Gasteiger partial charge in [0.05, 0.1) is 6.61 Å². The maximum absolute atomic E-state index is 11.3. The van der Waals surface area contributed by atoms with Gasteiger partial charge in [-0.2, -0.15) is 0 Å². The van der Waals surface area contributed by atoms with Gasteiger partial charge in [-0.05, 0) is 61.5 Å². The van der Waals surface area contributed by atoms with Crippen LogP contribution in [-0.2, 0) is 30.7 Å². The Kier molecular flexibility index (Phi) is 15.3. The van der Waals surface area contributed by atoms with Gasteiger partial charge >= 0.3 is 8.60 Å². The molecule has 3 nitrogen and oxygen atoms in total. The predicted octanol–water partition coefficient (Wildman–Crippen LogP) is 13.1. The highest BCUT2D eigenvalue weighted by atomic mass is 31.2. The zero-order valence-corrected chi connectivity index (χ0v) is 32.4. The van der Waals surface area contributed by atoms with Crippen LogP contribution in [0, 0.1) is 0 Å². The molecule has 0 saturated heterocycles. The van der Waals surface area contributed by atoms with Crippen molar-refractivity contribution in [2.75, 3.05) is 6.61 Å². The third-order valence-corrected chi connectivity index (χ3v) is 9.71. The Balaban J connectivity index is 2.36. The molecule has 1 N–H and O–H groups in total. The van der Waals surface area contributed by atoms with Crippen LogP contribution in [0.25, 0.3) is 0 Å². The topological polar surface area (TPSA) is 38.7 Å². The molecule has 0 aliphatic rings. The summed E-state index contributed by atoms with van der Waals surface area (Å²) in [5.74, 6) is 0. The van der Waals surface area contributed by atoms with E-state index in [1.54, 1.807) is 0 Å². The molecule has 1 atom stereocenters. The molecule has 1 unspecified atom stereocenters. The van der Waals surface area contributed by atoms with Crippen molar-refractivity contribution in [1.82, 2.24) is 0 Å². The van der Waals surface area contributed by atoms with Crippen LogP contribution in [0.3, 0.4) is 0 Å². The van der Waals surface area contributed by atoms with E-state index in [1.807, 2.05) is 0 Å². The van der Waals surface area contributed by atoms with Crippen LogP contribution in [0.2, 0.25) is 0 Å². The smallest absolute Gasteiger partial charge is 0.328 e. The summed E-state index contributed by atoms with van der Waals surface area (Å²) in [6.45, 7) is 30.0. The van der Waals surface area contributed by atoms with Crippen LogP contribution in [0.4, 0.5) is 0 Å². The standard InChI is InChI=1S/C41H69O3P/c1-14-15-16-17-18-19-20-21-22-23-28-43-45(42)44-37(33-26-24-31(38(2,3)4)29-35(33)40(8,9)10)34-27-25-32(39(5,6)7)30-36(34)41(11,12)13/h24-27,29-30,37,42H,14-23,28H2,1-13H3. The van der Waals surface area contributed by atoms with Gasteiger partial charge in [0.2, 0.25) is 0 Å². The molecule has 0 bridgehead atoms. The molecule has 256 valence electrons. The molecule has 2 rings (SSSR count). The van der Waals surface area contributed by atoms with Crippen LogP contribution in [0.1, 0.15) is 194 Å². The highest BCUT2D eigenvalue weighted by Gasteiger charge is 2.33. The largest absolute Gasteiger partial charge is 0.330 e. The normalized spacial score (nSPS) is 13.9. The molecule has 0 aromatic heterocycles. The van der Waals surface area contributed by atoms with E-state index >= 15 is 0 Å². The van der Waals surface area contributed by atoms with Gasteiger partial charge in [0.1, 0.15) is 6.10 Å². The van der Waals surface area contributed by atoms with Crippen molar-refractivity contribution in [3.05, 3.63) is 69.8 Å². The van der Waals surface area contributed by atoms with E-state index in [2.05, 4.69) is 126 Å². The number of benzene rings is 2.